The van der Waals surface area contributed by atoms with Gasteiger partial charge in [-0.15, -0.1) is 0 Å². The summed E-state index contributed by atoms with van der Waals surface area (Å²) in [5.74, 6) is 0. The Kier molecular flexibility index (Phi) is 11.5. The zero-order valence-electron chi connectivity index (χ0n) is 57.2. The number of benzene rings is 13. The molecule has 96 heavy (non-hydrogen) atoms. The van der Waals surface area contributed by atoms with Gasteiger partial charge >= 0.3 is 0 Å². The van der Waals surface area contributed by atoms with Crippen molar-refractivity contribution >= 4 is 0 Å². The lowest BCUT2D eigenvalue weighted by Gasteiger charge is -2.32. The Balaban J connectivity index is 1.05. The highest BCUT2D eigenvalue weighted by molar-refractivity contribution is 6.17. The molecular formula is C96H78. The van der Waals surface area contributed by atoms with Crippen LogP contribution in [-0.2, 0) is 32.5 Å². The molecule has 0 bridgehead atoms. The van der Waals surface area contributed by atoms with Gasteiger partial charge in [0.2, 0.25) is 0 Å². The molecule has 0 aromatic heterocycles. The molecule has 0 unspecified atom stereocenters. The molecule has 0 heterocycles. The molecule has 0 spiro atoms. The summed E-state index contributed by atoms with van der Waals surface area (Å²) in [6.45, 7) is 29.4. The molecule has 0 aliphatic heterocycles. The van der Waals surface area contributed by atoms with E-state index in [0.29, 0.717) is 0 Å². The van der Waals surface area contributed by atoms with Crippen molar-refractivity contribution < 1.29 is 0 Å². The average Bonchev–Trinajstić information content (AvgIpc) is 1.23. The van der Waals surface area contributed by atoms with E-state index in [9.17, 15) is 0 Å². The number of hydrogen-bond acceptors (Lipinski definition) is 0. The minimum atomic E-state index is -0.267. The van der Waals surface area contributed by atoms with E-state index in [4.69, 9.17) is 0 Å². The first kappa shape index (κ1) is 57.3. The highest BCUT2D eigenvalue weighted by atomic mass is 14.5. The van der Waals surface area contributed by atoms with Crippen molar-refractivity contribution in [3.05, 3.63) is 322 Å². The Bertz CT molecular complexity index is 4720. The Morgan fingerprint density at radius 3 is 0.406 bits per heavy atom. The van der Waals surface area contributed by atoms with Gasteiger partial charge in [-0.2, -0.15) is 0 Å². The van der Waals surface area contributed by atoms with Gasteiger partial charge in [-0.05, 0) is 237 Å². The first-order valence-electron chi connectivity index (χ1n) is 34.9. The zero-order valence-corrected chi connectivity index (χ0v) is 57.2. The molecule has 0 nitrogen and oxygen atoms in total. The molecule has 0 radical (unpaired) electrons. The third-order valence-corrected chi connectivity index (χ3v) is 24.7. The van der Waals surface area contributed by atoms with Crippen LogP contribution >= 0.6 is 0 Å². The highest BCUT2D eigenvalue weighted by Crippen LogP contribution is 2.63. The van der Waals surface area contributed by atoms with Crippen LogP contribution in [0.3, 0.4) is 0 Å². The van der Waals surface area contributed by atoms with Crippen molar-refractivity contribution in [3.63, 3.8) is 0 Å². The number of rotatable bonds is 6. The summed E-state index contributed by atoms with van der Waals surface area (Å²) < 4.78 is 0. The van der Waals surface area contributed by atoms with E-state index < -0.39 is 0 Å². The van der Waals surface area contributed by atoms with Crippen molar-refractivity contribution in [2.24, 2.45) is 0 Å². The fourth-order valence-electron chi connectivity index (χ4n) is 19.6. The molecular weight excluding hydrogens is 1150 g/mol. The van der Waals surface area contributed by atoms with E-state index in [1.54, 1.807) is 0 Å². The molecule has 0 N–H and O–H groups in total. The van der Waals surface area contributed by atoms with E-state index >= 15 is 0 Å². The van der Waals surface area contributed by atoms with Crippen LogP contribution in [0.25, 0.3) is 134 Å². The van der Waals surface area contributed by atoms with Crippen LogP contribution in [0.1, 0.15) is 150 Å². The maximum absolute atomic E-state index is 2.63. The smallest absolute Gasteiger partial charge is 0.0159 e. The Labute approximate surface area is 567 Å². The van der Waals surface area contributed by atoms with Gasteiger partial charge in [-0.25, -0.2) is 0 Å². The molecule has 0 saturated heterocycles. The summed E-state index contributed by atoms with van der Waals surface area (Å²) in [4.78, 5) is 0. The van der Waals surface area contributed by atoms with E-state index in [1.165, 1.54) is 200 Å². The standard InChI is InChI=1S/C96H78/c1-91(2)73-31-19-13-25-61(73)67-43-37-55(49-79(67)91)85-86(56-38-44-68-62-26-14-20-32-74(62)92(3,4)80(68)50-56)88(58-40-46-70-64-28-16-22-34-76(64)94(7,8)82(70)52-58)90(60-42-48-72-66-30-18-24-36-78(66)96(11,12)84(72)54-60)89(59-41-47-71-65-29-17-23-35-77(65)95(9,10)83(71)53-59)87(85)57-39-45-69-63-27-15-21-33-75(63)93(5,6)81(69)51-57/h13-54H,1-12H3. The van der Waals surface area contributed by atoms with Crippen molar-refractivity contribution in [1.82, 2.24) is 0 Å². The molecule has 0 amide bonds. The van der Waals surface area contributed by atoms with Gasteiger partial charge in [0.15, 0.2) is 0 Å². The lowest BCUT2D eigenvalue weighted by Crippen LogP contribution is -2.16. The second-order valence-electron chi connectivity index (χ2n) is 31.8. The summed E-state index contributed by atoms with van der Waals surface area (Å²) in [6, 6.07) is 101. The van der Waals surface area contributed by atoms with Crippen LogP contribution in [0, 0.1) is 0 Å². The van der Waals surface area contributed by atoms with E-state index in [1.807, 2.05) is 0 Å². The van der Waals surface area contributed by atoms with Crippen LogP contribution in [0.5, 0.6) is 0 Å². The van der Waals surface area contributed by atoms with Crippen molar-refractivity contribution in [2.75, 3.05) is 0 Å². The van der Waals surface area contributed by atoms with Gasteiger partial charge in [0.05, 0.1) is 0 Å². The minimum absolute atomic E-state index is 0.267. The van der Waals surface area contributed by atoms with Gasteiger partial charge in [0.1, 0.15) is 0 Å². The van der Waals surface area contributed by atoms with Gasteiger partial charge in [-0.3, -0.25) is 0 Å². The van der Waals surface area contributed by atoms with Crippen molar-refractivity contribution in [3.8, 4) is 134 Å². The van der Waals surface area contributed by atoms with Crippen LogP contribution in [0.4, 0.5) is 0 Å². The maximum Gasteiger partial charge on any atom is 0.0159 e. The first-order valence-corrected chi connectivity index (χ1v) is 34.9. The summed E-state index contributed by atoms with van der Waals surface area (Å²) >= 11 is 0. The van der Waals surface area contributed by atoms with Crippen LogP contribution in [0.15, 0.2) is 255 Å². The van der Waals surface area contributed by atoms with Gasteiger partial charge in [0, 0.05) is 32.5 Å². The zero-order chi connectivity index (χ0) is 65.5. The molecule has 0 saturated carbocycles. The highest BCUT2D eigenvalue weighted by Gasteiger charge is 2.44. The lowest BCUT2D eigenvalue weighted by atomic mass is 9.71. The molecule has 0 fully saturated rings. The van der Waals surface area contributed by atoms with Crippen molar-refractivity contribution in [2.45, 2.75) is 116 Å². The fourth-order valence-corrected chi connectivity index (χ4v) is 19.6. The Morgan fingerprint density at radius 2 is 0.260 bits per heavy atom. The van der Waals surface area contributed by atoms with E-state index in [2.05, 4.69) is 338 Å². The largest absolute Gasteiger partial charge is 0.0619 e. The molecule has 6 aliphatic rings. The average molecular weight is 1230 g/mol. The Hall–Kier alpha value is -10.1. The molecule has 0 heteroatoms. The Morgan fingerprint density at radius 1 is 0.135 bits per heavy atom. The fraction of sp³-hybridized carbons (Fsp3) is 0.188. The molecule has 0 atom stereocenters. The third-order valence-electron chi connectivity index (χ3n) is 24.7. The second kappa shape index (κ2) is 19.3. The molecule has 6 aliphatic carbocycles. The normalized spacial score (nSPS) is 16.6. The summed E-state index contributed by atoms with van der Waals surface area (Å²) in [5.41, 5.74) is 45.4. The van der Waals surface area contributed by atoms with E-state index in [-0.39, 0.29) is 32.5 Å². The van der Waals surface area contributed by atoms with Gasteiger partial charge < -0.3 is 0 Å². The SMILES string of the molecule is CC1(C)c2ccccc2-c2ccc(-c3c(-c4ccc5c(c4)C(C)(C)c4ccccc4-5)c(-c4ccc5c(c4)C(C)(C)c4ccccc4-5)c(-c4ccc5c(c4)C(C)(C)c4ccccc4-5)c(-c4ccc5c(c4)C(C)(C)c4ccccc4-5)c3-c3ccc4c(c3)C(C)(C)c3ccccc3-4)cc21. The first-order chi connectivity index (χ1) is 46.2. The van der Waals surface area contributed by atoms with Gasteiger partial charge in [-0.1, -0.05) is 301 Å². The molecule has 13 aromatic carbocycles. The monoisotopic (exact) mass is 1230 g/mol. The summed E-state index contributed by atoms with van der Waals surface area (Å²) in [6.07, 6.45) is 0. The quantitative estimate of drug-likeness (QED) is 0.156. The summed E-state index contributed by atoms with van der Waals surface area (Å²) in [7, 11) is 0. The molecule has 19 rings (SSSR count). The topological polar surface area (TPSA) is 0 Å². The van der Waals surface area contributed by atoms with Crippen LogP contribution < -0.4 is 0 Å². The summed E-state index contributed by atoms with van der Waals surface area (Å²) in [5, 5.41) is 0. The molecule has 462 valence electrons. The number of hydrogen-bond donors (Lipinski definition) is 0. The third kappa shape index (κ3) is 7.46. The van der Waals surface area contributed by atoms with Crippen LogP contribution in [-0.4, -0.2) is 0 Å². The predicted octanol–water partition coefficient (Wildman–Crippen LogP) is 25.5. The van der Waals surface area contributed by atoms with E-state index in [0.717, 1.165) is 0 Å². The minimum Gasteiger partial charge on any atom is -0.0619 e. The van der Waals surface area contributed by atoms with Crippen molar-refractivity contribution in [1.29, 1.82) is 0 Å². The van der Waals surface area contributed by atoms with Crippen LogP contribution in [0.2, 0.25) is 0 Å². The molecule has 13 aromatic rings. The number of fused-ring (bicyclic) bond motifs is 18. The second-order valence-corrected chi connectivity index (χ2v) is 31.8. The lowest BCUT2D eigenvalue weighted by molar-refractivity contribution is 0.660. The van der Waals surface area contributed by atoms with Gasteiger partial charge in [0.25, 0.3) is 0 Å². The predicted molar refractivity (Wildman–Crippen MR) is 404 cm³/mol. The maximum atomic E-state index is 2.63.